The van der Waals surface area contributed by atoms with Crippen molar-refractivity contribution in [3.8, 4) is 0 Å². The standard InChI is InChI=1S/C14H14Cl2N4O2S2/c1-2-3-11(21)18-13-19-20-14(24-13)23-7-12(22)17-8-4-5-9(15)10(16)6-8/h4-6H,2-3,7H2,1H3,(H,17,22)(H,18,19,21). The van der Waals surface area contributed by atoms with Gasteiger partial charge in [0, 0.05) is 12.1 Å². The monoisotopic (exact) mass is 404 g/mol. The molecule has 2 rings (SSSR count). The maximum atomic E-state index is 11.9. The number of carbonyl (C=O) groups is 2. The second-order valence-electron chi connectivity index (χ2n) is 4.64. The predicted molar refractivity (Wildman–Crippen MR) is 99.3 cm³/mol. The molecule has 24 heavy (non-hydrogen) atoms. The van der Waals surface area contributed by atoms with Crippen LogP contribution < -0.4 is 10.6 Å². The third-order valence-electron chi connectivity index (χ3n) is 2.66. The molecule has 0 saturated carbocycles. The Kier molecular flexibility index (Phi) is 7.29. The molecule has 0 spiro atoms. The molecule has 2 aromatic rings. The van der Waals surface area contributed by atoms with Crippen LogP contribution in [0.4, 0.5) is 10.8 Å². The Morgan fingerprint density at radius 2 is 1.96 bits per heavy atom. The summed E-state index contributed by atoms with van der Waals surface area (Å²) in [5, 5.41) is 14.4. The highest BCUT2D eigenvalue weighted by molar-refractivity contribution is 8.01. The van der Waals surface area contributed by atoms with E-state index in [1.165, 1.54) is 23.1 Å². The fraction of sp³-hybridized carbons (Fsp3) is 0.286. The number of halogens is 2. The zero-order valence-corrected chi connectivity index (χ0v) is 15.8. The van der Waals surface area contributed by atoms with Crippen molar-refractivity contribution in [2.24, 2.45) is 0 Å². The molecule has 0 bridgehead atoms. The SMILES string of the molecule is CCCC(=O)Nc1nnc(SCC(=O)Nc2ccc(Cl)c(Cl)c2)s1. The van der Waals surface area contributed by atoms with Crippen LogP contribution in [0.3, 0.4) is 0 Å². The first-order chi connectivity index (χ1) is 11.5. The first-order valence-corrected chi connectivity index (χ1v) is 9.54. The lowest BCUT2D eigenvalue weighted by molar-refractivity contribution is -0.116. The van der Waals surface area contributed by atoms with Crippen LogP contribution in [0.2, 0.25) is 10.0 Å². The minimum absolute atomic E-state index is 0.0949. The van der Waals surface area contributed by atoms with Gasteiger partial charge in [-0.3, -0.25) is 9.59 Å². The van der Waals surface area contributed by atoms with Crippen LogP contribution in [0.15, 0.2) is 22.5 Å². The number of thioether (sulfide) groups is 1. The zero-order valence-electron chi connectivity index (χ0n) is 12.6. The largest absolute Gasteiger partial charge is 0.325 e. The summed E-state index contributed by atoms with van der Waals surface area (Å²) in [7, 11) is 0. The Morgan fingerprint density at radius 1 is 1.17 bits per heavy atom. The lowest BCUT2D eigenvalue weighted by Crippen LogP contribution is -2.13. The number of anilines is 2. The zero-order chi connectivity index (χ0) is 17.5. The van der Waals surface area contributed by atoms with Gasteiger partial charge in [-0.15, -0.1) is 10.2 Å². The normalized spacial score (nSPS) is 10.5. The summed E-state index contributed by atoms with van der Waals surface area (Å²) in [6.45, 7) is 1.92. The molecule has 0 aliphatic carbocycles. The molecule has 128 valence electrons. The van der Waals surface area contributed by atoms with Crippen molar-refractivity contribution in [3.63, 3.8) is 0 Å². The molecular weight excluding hydrogens is 391 g/mol. The van der Waals surface area contributed by atoms with E-state index in [1.54, 1.807) is 18.2 Å². The van der Waals surface area contributed by atoms with Gasteiger partial charge in [0.05, 0.1) is 15.8 Å². The van der Waals surface area contributed by atoms with Crippen LogP contribution in [0.25, 0.3) is 0 Å². The molecule has 1 aromatic carbocycles. The lowest BCUT2D eigenvalue weighted by atomic mass is 10.3. The van der Waals surface area contributed by atoms with Gasteiger partial charge in [0.1, 0.15) is 0 Å². The van der Waals surface area contributed by atoms with Crippen LogP contribution in [-0.2, 0) is 9.59 Å². The highest BCUT2D eigenvalue weighted by atomic mass is 35.5. The molecule has 1 heterocycles. The van der Waals surface area contributed by atoms with E-state index < -0.39 is 0 Å². The van der Waals surface area contributed by atoms with Crippen molar-refractivity contribution in [3.05, 3.63) is 28.2 Å². The molecule has 0 aliphatic heterocycles. The van der Waals surface area contributed by atoms with Crippen molar-refractivity contribution in [2.45, 2.75) is 24.1 Å². The molecule has 0 radical (unpaired) electrons. The van der Waals surface area contributed by atoms with Gasteiger partial charge in [-0.05, 0) is 24.6 Å². The molecule has 0 unspecified atom stereocenters. The number of benzene rings is 1. The number of aromatic nitrogens is 2. The van der Waals surface area contributed by atoms with Gasteiger partial charge in [0.15, 0.2) is 4.34 Å². The maximum Gasteiger partial charge on any atom is 0.234 e. The van der Waals surface area contributed by atoms with E-state index in [0.29, 0.717) is 31.6 Å². The Bertz CT molecular complexity index is 739. The summed E-state index contributed by atoms with van der Waals surface area (Å²) in [6, 6.07) is 4.87. The first kappa shape index (κ1) is 19.0. The van der Waals surface area contributed by atoms with Gasteiger partial charge in [0.2, 0.25) is 16.9 Å². The van der Waals surface area contributed by atoms with E-state index >= 15 is 0 Å². The third kappa shape index (κ3) is 5.94. The van der Waals surface area contributed by atoms with Gasteiger partial charge in [-0.2, -0.15) is 0 Å². The molecule has 1 aromatic heterocycles. The fourth-order valence-corrected chi connectivity index (χ4v) is 3.49. The molecule has 10 heteroatoms. The number of hydrogen-bond donors (Lipinski definition) is 2. The molecule has 2 amide bonds. The molecule has 2 N–H and O–H groups in total. The fourth-order valence-electron chi connectivity index (χ4n) is 1.63. The highest BCUT2D eigenvalue weighted by Gasteiger charge is 2.10. The average molecular weight is 405 g/mol. The Balaban J connectivity index is 1.82. The predicted octanol–water partition coefficient (Wildman–Crippen LogP) is 4.31. The summed E-state index contributed by atoms with van der Waals surface area (Å²) in [5.41, 5.74) is 0.569. The van der Waals surface area contributed by atoms with E-state index in [0.717, 1.165) is 6.42 Å². The Morgan fingerprint density at radius 3 is 2.67 bits per heavy atom. The minimum Gasteiger partial charge on any atom is -0.325 e. The summed E-state index contributed by atoms with van der Waals surface area (Å²) >= 11 is 14.2. The van der Waals surface area contributed by atoms with Crippen LogP contribution >= 0.6 is 46.3 Å². The topological polar surface area (TPSA) is 84.0 Å². The Hall–Kier alpha value is -1.35. The molecule has 0 aliphatic rings. The first-order valence-electron chi connectivity index (χ1n) is 6.99. The van der Waals surface area contributed by atoms with Gasteiger partial charge in [0.25, 0.3) is 0 Å². The van der Waals surface area contributed by atoms with Gasteiger partial charge >= 0.3 is 0 Å². The van der Waals surface area contributed by atoms with Crippen LogP contribution in [0, 0.1) is 0 Å². The Labute approximate surface area is 157 Å². The van der Waals surface area contributed by atoms with Crippen molar-refractivity contribution < 1.29 is 9.59 Å². The number of rotatable bonds is 7. The number of amides is 2. The molecule has 0 atom stereocenters. The smallest absolute Gasteiger partial charge is 0.234 e. The summed E-state index contributed by atoms with van der Waals surface area (Å²) in [5.74, 6) is -0.134. The summed E-state index contributed by atoms with van der Waals surface area (Å²) in [4.78, 5) is 23.4. The average Bonchev–Trinajstić information content (AvgIpc) is 2.96. The van der Waals surface area contributed by atoms with Gasteiger partial charge in [-0.1, -0.05) is 53.2 Å². The van der Waals surface area contributed by atoms with Gasteiger partial charge < -0.3 is 10.6 Å². The summed E-state index contributed by atoms with van der Waals surface area (Å²) < 4.78 is 0.603. The summed E-state index contributed by atoms with van der Waals surface area (Å²) in [6.07, 6.45) is 1.20. The van der Waals surface area contributed by atoms with Crippen LogP contribution in [-0.4, -0.2) is 27.8 Å². The third-order valence-corrected chi connectivity index (χ3v) is 5.37. The quantitative estimate of drug-likeness (QED) is 0.530. The van der Waals surface area contributed by atoms with Gasteiger partial charge in [-0.25, -0.2) is 0 Å². The molecule has 0 fully saturated rings. The number of hydrogen-bond acceptors (Lipinski definition) is 6. The van der Waals surface area contributed by atoms with E-state index in [1.807, 2.05) is 6.92 Å². The molecule has 0 saturated heterocycles. The second kappa shape index (κ2) is 9.22. The van der Waals surface area contributed by atoms with Crippen molar-refractivity contribution in [1.29, 1.82) is 0 Å². The van der Waals surface area contributed by atoms with Crippen LogP contribution in [0.1, 0.15) is 19.8 Å². The van der Waals surface area contributed by atoms with E-state index in [4.69, 9.17) is 23.2 Å². The van der Waals surface area contributed by atoms with Crippen LogP contribution in [0.5, 0.6) is 0 Å². The number of nitrogens with zero attached hydrogens (tertiary/aromatic N) is 2. The van der Waals surface area contributed by atoms with Crippen molar-refractivity contribution >= 4 is 68.9 Å². The lowest BCUT2D eigenvalue weighted by Gasteiger charge is -2.05. The van der Waals surface area contributed by atoms with E-state index in [9.17, 15) is 9.59 Å². The molecule has 6 nitrogen and oxygen atoms in total. The van der Waals surface area contributed by atoms with Crippen molar-refractivity contribution in [2.75, 3.05) is 16.4 Å². The highest BCUT2D eigenvalue weighted by Crippen LogP contribution is 2.27. The van der Waals surface area contributed by atoms with Crippen molar-refractivity contribution in [1.82, 2.24) is 10.2 Å². The molecular formula is C14H14Cl2N4O2S2. The number of nitrogens with one attached hydrogen (secondary N) is 2. The van der Waals surface area contributed by atoms with E-state index in [-0.39, 0.29) is 17.6 Å². The maximum absolute atomic E-state index is 11.9. The van der Waals surface area contributed by atoms with E-state index in [2.05, 4.69) is 20.8 Å². The second-order valence-corrected chi connectivity index (χ2v) is 7.65. The minimum atomic E-state index is -0.204. The number of carbonyl (C=O) groups excluding carboxylic acids is 2.